The van der Waals surface area contributed by atoms with Gasteiger partial charge in [0.25, 0.3) is 15.9 Å². The van der Waals surface area contributed by atoms with E-state index in [1.807, 2.05) is 0 Å². The monoisotopic (exact) mass is 421 g/mol. The smallest absolute Gasteiger partial charge is 0.261 e. The van der Waals surface area contributed by atoms with Crippen LogP contribution >= 0.6 is 11.6 Å². The van der Waals surface area contributed by atoms with Gasteiger partial charge in [-0.25, -0.2) is 8.42 Å². The van der Waals surface area contributed by atoms with Crippen LogP contribution in [0.3, 0.4) is 0 Å². The van der Waals surface area contributed by atoms with Crippen molar-refractivity contribution in [3.05, 3.63) is 59.1 Å². The largest absolute Gasteiger partial charge is 0.352 e. The first kappa shape index (κ1) is 20.6. The Morgan fingerprint density at radius 1 is 1.11 bits per heavy atom. The number of rotatable bonds is 6. The molecule has 0 saturated carbocycles. The van der Waals surface area contributed by atoms with E-state index in [1.54, 1.807) is 24.3 Å². The van der Waals surface area contributed by atoms with Crippen LogP contribution in [0.1, 0.15) is 23.2 Å². The standard InChI is InChI=1S/C20H24ClN3O3S/c1-24-12-10-15(11-13-24)14-22-20(25)18-4-2-3-5-19(18)23-28(26,27)17-8-6-16(21)7-9-17/h2-9,15,23H,10-14H2,1H3,(H,22,25). The van der Waals surface area contributed by atoms with Crippen LogP contribution in [0.2, 0.25) is 5.02 Å². The molecule has 0 atom stereocenters. The molecule has 1 amide bonds. The Morgan fingerprint density at radius 2 is 1.75 bits per heavy atom. The predicted molar refractivity (Wildman–Crippen MR) is 111 cm³/mol. The summed E-state index contributed by atoms with van der Waals surface area (Å²) in [5.74, 6) is 0.159. The molecule has 8 heteroatoms. The van der Waals surface area contributed by atoms with Crippen LogP contribution in [0.5, 0.6) is 0 Å². The molecule has 1 fully saturated rings. The molecule has 2 N–H and O–H groups in total. The van der Waals surface area contributed by atoms with E-state index in [0.29, 0.717) is 23.0 Å². The topological polar surface area (TPSA) is 78.5 Å². The van der Waals surface area contributed by atoms with E-state index in [9.17, 15) is 13.2 Å². The van der Waals surface area contributed by atoms with Gasteiger partial charge < -0.3 is 10.2 Å². The van der Waals surface area contributed by atoms with E-state index in [4.69, 9.17) is 11.6 Å². The second-order valence-electron chi connectivity index (χ2n) is 7.06. The number of halogens is 1. The van der Waals surface area contributed by atoms with Crippen LogP contribution in [-0.4, -0.2) is 45.9 Å². The van der Waals surface area contributed by atoms with Gasteiger partial charge >= 0.3 is 0 Å². The fourth-order valence-electron chi connectivity index (χ4n) is 3.19. The van der Waals surface area contributed by atoms with Crippen molar-refractivity contribution in [3.63, 3.8) is 0 Å². The number of hydrogen-bond acceptors (Lipinski definition) is 4. The summed E-state index contributed by atoms with van der Waals surface area (Å²) >= 11 is 5.82. The molecule has 2 aromatic rings. The van der Waals surface area contributed by atoms with Gasteiger partial charge in [-0.1, -0.05) is 23.7 Å². The Hall–Kier alpha value is -2.09. The highest BCUT2D eigenvalue weighted by molar-refractivity contribution is 7.92. The number of sulfonamides is 1. The van der Waals surface area contributed by atoms with Crippen molar-refractivity contribution in [2.45, 2.75) is 17.7 Å². The molecule has 2 aromatic carbocycles. The summed E-state index contributed by atoms with van der Waals surface area (Å²) < 4.78 is 27.8. The van der Waals surface area contributed by atoms with E-state index < -0.39 is 10.0 Å². The van der Waals surface area contributed by atoms with E-state index in [0.717, 1.165) is 25.9 Å². The van der Waals surface area contributed by atoms with E-state index in [1.165, 1.54) is 24.3 Å². The van der Waals surface area contributed by atoms with Gasteiger partial charge in [-0.3, -0.25) is 9.52 Å². The number of piperidine rings is 1. The van der Waals surface area contributed by atoms with Gasteiger partial charge in [0.2, 0.25) is 0 Å². The van der Waals surface area contributed by atoms with Gasteiger partial charge in [0.15, 0.2) is 0 Å². The molecule has 6 nitrogen and oxygen atoms in total. The summed E-state index contributed by atoms with van der Waals surface area (Å²) in [6.07, 6.45) is 2.09. The van der Waals surface area contributed by atoms with E-state index in [-0.39, 0.29) is 16.5 Å². The first-order chi connectivity index (χ1) is 13.3. The fourth-order valence-corrected chi connectivity index (χ4v) is 4.39. The third kappa shape index (κ3) is 5.25. The number of para-hydroxylation sites is 1. The quantitative estimate of drug-likeness (QED) is 0.750. The molecule has 0 aliphatic carbocycles. The normalized spacial score (nSPS) is 15.9. The zero-order valence-electron chi connectivity index (χ0n) is 15.7. The molecule has 150 valence electrons. The lowest BCUT2D eigenvalue weighted by Crippen LogP contribution is -2.37. The third-order valence-corrected chi connectivity index (χ3v) is 6.56. The van der Waals surface area contributed by atoms with Crippen molar-refractivity contribution in [1.29, 1.82) is 0 Å². The van der Waals surface area contributed by atoms with Gasteiger partial charge in [0, 0.05) is 11.6 Å². The van der Waals surface area contributed by atoms with Crippen LogP contribution in [0.15, 0.2) is 53.4 Å². The molecule has 1 saturated heterocycles. The SMILES string of the molecule is CN1CCC(CNC(=O)c2ccccc2NS(=O)(=O)c2ccc(Cl)cc2)CC1. The molecule has 28 heavy (non-hydrogen) atoms. The number of benzene rings is 2. The van der Waals surface area contributed by atoms with Crippen LogP contribution in [-0.2, 0) is 10.0 Å². The Balaban J connectivity index is 1.70. The van der Waals surface area contributed by atoms with Gasteiger partial charge in [-0.2, -0.15) is 0 Å². The summed E-state index contributed by atoms with van der Waals surface area (Å²) in [4.78, 5) is 15.0. The van der Waals surface area contributed by atoms with Crippen LogP contribution < -0.4 is 10.0 Å². The molecular formula is C20H24ClN3O3S. The van der Waals surface area contributed by atoms with Crippen molar-refractivity contribution in [2.75, 3.05) is 31.4 Å². The van der Waals surface area contributed by atoms with Crippen LogP contribution in [0, 0.1) is 5.92 Å². The molecule has 1 aliphatic rings. The minimum absolute atomic E-state index is 0.0819. The maximum atomic E-state index is 12.7. The molecule has 0 bridgehead atoms. The van der Waals surface area contributed by atoms with Crippen molar-refractivity contribution in [2.24, 2.45) is 5.92 Å². The first-order valence-corrected chi connectivity index (χ1v) is 11.1. The van der Waals surface area contributed by atoms with Gasteiger partial charge in [-0.05, 0) is 75.3 Å². The highest BCUT2D eigenvalue weighted by Gasteiger charge is 2.21. The van der Waals surface area contributed by atoms with Crippen LogP contribution in [0.25, 0.3) is 0 Å². The second kappa shape index (κ2) is 8.94. The van der Waals surface area contributed by atoms with Gasteiger partial charge in [0.1, 0.15) is 0 Å². The Kier molecular flexibility index (Phi) is 6.59. The number of likely N-dealkylation sites (tertiary alicyclic amines) is 1. The number of hydrogen-bond donors (Lipinski definition) is 2. The summed E-state index contributed by atoms with van der Waals surface area (Å²) in [6.45, 7) is 2.64. The highest BCUT2D eigenvalue weighted by Crippen LogP contribution is 2.22. The lowest BCUT2D eigenvalue weighted by Gasteiger charge is -2.29. The minimum atomic E-state index is -3.82. The summed E-state index contributed by atoms with van der Waals surface area (Å²) in [5.41, 5.74) is 0.547. The van der Waals surface area contributed by atoms with E-state index in [2.05, 4.69) is 22.0 Å². The Bertz CT molecular complexity index is 924. The predicted octanol–water partition coefficient (Wildman–Crippen LogP) is 3.21. The molecular weight excluding hydrogens is 398 g/mol. The summed E-state index contributed by atoms with van der Waals surface area (Å²) in [5, 5.41) is 3.40. The lowest BCUT2D eigenvalue weighted by molar-refractivity contribution is 0.0940. The zero-order valence-corrected chi connectivity index (χ0v) is 17.3. The zero-order chi connectivity index (χ0) is 20.1. The number of anilines is 1. The number of amides is 1. The highest BCUT2D eigenvalue weighted by atomic mass is 35.5. The first-order valence-electron chi connectivity index (χ1n) is 9.19. The lowest BCUT2D eigenvalue weighted by atomic mass is 9.97. The van der Waals surface area contributed by atoms with Crippen molar-refractivity contribution >= 4 is 33.2 Å². The van der Waals surface area contributed by atoms with Gasteiger partial charge in [-0.15, -0.1) is 0 Å². The third-order valence-electron chi connectivity index (χ3n) is 4.93. The summed E-state index contributed by atoms with van der Waals surface area (Å²) in [7, 11) is -1.73. The number of carbonyl (C=O) groups is 1. The van der Waals surface area contributed by atoms with Crippen molar-refractivity contribution in [1.82, 2.24) is 10.2 Å². The average molecular weight is 422 g/mol. The second-order valence-corrected chi connectivity index (χ2v) is 9.18. The van der Waals surface area contributed by atoms with Crippen molar-refractivity contribution in [3.8, 4) is 0 Å². The average Bonchev–Trinajstić information content (AvgIpc) is 2.68. The molecule has 0 radical (unpaired) electrons. The molecule has 3 rings (SSSR count). The molecule has 1 heterocycles. The number of carbonyl (C=O) groups excluding carboxylic acids is 1. The number of nitrogens with one attached hydrogen (secondary N) is 2. The number of nitrogens with zero attached hydrogens (tertiary/aromatic N) is 1. The fraction of sp³-hybridized carbons (Fsp3) is 0.350. The minimum Gasteiger partial charge on any atom is -0.352 e. The molecule has 0 spiro atoms. The van der Waals surface area contributed by atoms with Crippen LogP contribution in [0.4, 0.5) is 5.69 Å². The van der Waals surface area contributed by atoms with Crippen molar-refractivity contribution < 1.29 is 13.2 Å². The summed E-state index contributed by atoms with van der Waals surface area (Å²) in [6, 6.07) is 12.5. The Morgan fingerprint density at radius 3 is 2.43 bits per heavy atom. The van der Waals surface area contributed by atoms with E-state index >= 15 is 0 Å². The maximum absolute atomic E-state index is 12.7. The molecule has 1 aliphatic heterocycles. The van der Waals surface area contributed by atoms with Gasteiger partial charge in [0.05, 0.1) is 16.1 Å². The Labute approximate surface area is 170 Å². The molecule has 0 unspecified atom stereocenters. The molecule has 0 aromatic heterocycles. The maximum Gasteiger partial charge on any atom is 0.261 e.